The van der Waals surface area contributed by atoms with Crippen molar-refractivity contribution in [3.05, 3.63) is 35.1 Å². The van der Waals surface area contributed by atoms with Crippen LogP contribution in [0.4, 0.5) is 13.2 Å². The van der Waals surface area contributed by atoms with E-state index in [0.717, 1.165) is 0 Å². The summed E-state index contributed by atoms with van der Waals surface area (Å²) in [6.45, 7) is 4.07. The summed E-state index contributed by atoms with van der Waals surface area (Å²) in [6, 6.07) is 0.929. The molecule has 1 amide bonds. The average molecular weight is 260 g/mol. The van der Waals surface area contributed by atoms with Crippen molar-refractivity contribution in [2.24, 2.45) is 11.1 Å². The van der Waals surface area contributed by atoms with Crippen molar-refractivity contribution >= 4 is 5.91 Å². The first kappa shape index (κ1) is 14.5. The molecule has 0 saturated heterocycles. The van der Waals surface area contributed by atoms with Gasteiger partial charge in [0.15, 0.2) is 0 Å². The van der Waals surface area contributed by atoms with Crippen LogP contribution in [0.25, 0.3) is 0 Å². The van der Waals surface area contributed by atoms with Crippen LogP contribution in [-0.4, -0.2) is 19.0 Å². The Morgan fingerprint density at radius 1 is 1.28 bits per heavy atom. The van der Waals surface area contributed by atoms with Gasteiger partial charge in [-0.2, -0.15) is 0 Å². The highest BCUT2D eigenvalue weighted by Gasteiger charge is 2.22. The molecule has 0 aromatic heterocycles. The minimum absolute atomic E-state index is 0.165. The molecule has 0 bridgehead atoms. The maximum Gasteiger partial charge on any atom is 0.257 e. The molecule has 0 saturated carbocycles. The molecule has 0 aliphatic rings. The molecule has 1 rings (SSSR count). The van der Waals surface area contributed by atoms with Crippen molar-refractivity contribution in [2.45, 2.75) is 13.8 Å². The summed E-state index contributed by atoms with van der Waals surface area (Å²) in [6.07, 6.45) is 0. The molecule has 18 heavy (non-hydrogen) atoms. The first-order valence-electron chi connectivity index (χ1n) is 5.39. The molecule has 0 spiro atoms. The quantitative estimate of drug-likeness (QED) is 0.867. The fraction of sp³-hybridized carbons (Fsp3) is 0.417. The number of rotatable bonds is 4. The molecule has 0 unspecified atom stereocenters. The standard InChI is InChI=1S/C12H15F3N2O/c1-12(2,5-16)6-17-11(18)10-8(14)3-7(13)4-9(10)15/h3-4H,5-6,16H2,1-2H3,(H,17,18). The van der Waals surface area contributed by atoms with E-state index in [1.807, 2.05) is 0 Å². The molecule has 0 atom stereocenters. The van der Waals surface area contributed by atoms with E-state index in [-0.39, 0.29) is 12.0 Å². The molecule has 3 nitrogen and oxygen atoms in total. The summed E-state index contributed by atoms with van der Waals surface area (Å²) in [5.74, 6) is -4.44. The van der Waals surface area contributed by atoms with Gasteiger partial charge in [-0.3, -0.25) is 4.79 Å². The van der Waals surface area contributed by atoms with Crippen LogP contribution in [0.15, 0.2) is 12.1 Å². The molecular weight excluding hydrogens is 245 g/mol. The molecule has 1 aromatic rings. The monoisotopic (exact) mass is 260 g/mol. The van der Waals surface area contributed by atoms with Gasteiger partial charge in [0.05, 0.1) is 0 Å². The Morgan fingerprint density at radius 2 is 1.78 bits per heavy atom. The van der Waals surface area contributed by atoms with Crippen molar-refractivity contribution in [1.29, 1.82) is 0 Å². The zero-order chi connectivity index (χ0) is 13.9. The van der Waals surface area contributed by atoms with Gasteiger partial charge in [-0.05, 0) is 12.0 Å². The lowest BCUT2D eigenvalue weighted by molar-refractivity contribution is 0.0929. The maximum absolute atomic E-state index is 13.3. The Kier molecular flexibility index (Phi) is 4.34. The van der Waals surface area contributed by atoms with Gasteiger partial charge in [0, 0.05) is 18.7 Å². The minimum Gasteiger partial charge on any atom is -0.351 e. The van der Waals surface area contributed by atoms with E-state index in [9.17, 15) is 18.0 Å². The molecule has 3 N–H and O–H groups in total. The van der Waals surface area contributed by atoms with E-state index in [4.69, 9.17) is 5.73 Å². The Bertz CT molecular complexity index is 438. The number of nitrogens with one attached hydrogen (secondary N) is 1. The van der Waals surface area contributed by atoms with Crippen molar-refractivity contribution in [1.82, 2.24) is 5.32 Å². The van der Waals surface area contributed by atoms with Crippen LogP contribution in [0.2, 0.25) is 0 Å². The summed E-state index contributed by atoms with van der Waals surface area (Å²) in [5.41, 5.74) is 4.29. The highest BCUT2D eigenvalue weighted by molar-refractivity contribution is 5.94. The van der Waals surface area contributed by atoms with Crippen LogP contribution in [-0.2, 0) is 0 Å². The van der Waals surface area contributed by atoms with Gasteiger partial charge in [-0.1, -0.05) is 13.8 Å². The zero-order valence-electron chi connectivity index (χ0n) is 10.2. The van der Waals surface area contributed by atoms with Gasteiger partial charge in [0.1, 0.15) is 23.0 Å². The molecule has 0 aliphatic heterocycles. The second-order valence-corrected chi connectivity index (χ2v) is 4.80. The summed E-state index contributed by atoms with van der Waals surface area (Å²) in [4.78, 5) is 11.6. The molecule has 0 fully saturated rings. The predicted octanol–water partition coefficient (Wildman–Crippen LogP) is 1.82. The van der Waals surface area contributed by atoms with Gasteiger partial charge >= 0.3 is 0 Å². The van der Waals surface area contributed by atoms with Crippen LogP contribution in [0, 0.1) is 22.9 Å². The second-order valence-electron chi connectivity index (χ2n) is 4.80. The second kappa shape index (κ2) is 5.39. The number of carbonyl (C=O) groups excluding carboxylic acids is 1. The van der Waals surface area contributed by atoms with Gasteiger partial charge in [0.2, 0.25) is 0 Å². The van der Waals surface area contributed by atoms with Crippen LogP contribution in [0.1, 0.15) is 24.2 Å². The average Bonchev–Trinajstić information content (AvgIpc) is 2.25. The van der Waals surface area contributed by atoms with Crippen LogP contribution >= 0.6 is 0 Å². The Hall–Kier alpha value is -1.56. The van der Waals surface area contributed by atoms with Gasteiger partial charge in [-0.15, -0.1) is 0 Å². The summed E-state index contributed by atoms with van der Waals surface area (Å²) in [7, 11) is 0. The van der Waals surface area contributed by atoms with E-state index in [0.29, 0.717) is 18.7 Å². The summed E-state index contributed by atoms with van der Waals surface area (Å²) < 4.78 is 39.3. The highest BCUT2D eigenvalue weighted by Crippen LogP contribution is 2.16. The van der Waals surface area contributed by atoms with E-state index < -0.39 is 28.9 Å². The van der Waals surface area contributed by atoms with E-state index in [2.05, 4.69) is 5.32 Å². The predicted molar refractivity (Wildman–Crippen MR) is 61.5 cm³/mol. The molecule has 0 radical (unpaired) electrons. The van der Waals surface area contributed by atoms with Crippen molar-refractivity contribution < 1.29 is 18.0 Å². The van der Waals surface area contributed by atoms with E-state index >= 15 is 0 Å². The third kappa shape index (κ3) is 3.46. The topological polar surface area (TPSA) is 55.1 Å². The Morgan fingerprint density at radius 3 is 2.22 bits per heavy atom. The fourth-order valence-corrected chi connectivity index (χ4v) is 1.24. The van der Waals surface area contributed by atoms with Gasteiger partial charge in [-0.25, -0.2) is 13.2 Å². The minimum atomic E-state index is -1.23. The number of carbonyl (C=O) groups is 1. The smallest absolute Gasteiger partial charge is 0.257 e. The van der Waals surface area contributed by atoms with Gasteiger partial charge < -0.3 is 11.1 Å². The maximum atomic E-state index is 13.3. The lowest BCUT2D eigenvalue weighted by Gasteiger charge is -2.22. The lowest BCUT2D eigenvalue weighted by Crippen LogP contribution is -2.39. The first-order valence-corrected chi connectivity index (χ1v) is 5.39. The van der Waals surface area contributed by atoms with Crippen LogP contribution in [0.3, 0.4) is 0 Å². The fourth-order valence-electron chi connectivity index (χ4n) is 1.24. The number of nitrogens with two attached hydrogens (primary N) is 1. The molecule has 0 heterocycles. The molecular formula is C12H15F3N2O. The van der Waals surface area contributed by atoms with Crippen molar-refractivity contribution in [3.8, 4) is 0 Å². The first-order chi connectivity index (χ1) is 8.26. The lowest BCUT2D eigenvalue weighted by atomic mass is 9.94. The van der Waals surface area contributed by atoms with E-state index in [1.54, 1.807) is 13.8 Å². The number of hydrogen-bond acceptors (Lipinski definition) is 2. The van der Waals surface area contributed by atoms with E-state index in [1.165, 1.54) is 0 Å². The molecule has 6 heteroatoms. The number of amides is 1. The summed E-state index contributed by atoms with van der Waals surface area (Å²) >= 11 is 0. The third-order valence-electron chi connectivity index (χ3n) is 2.51. The number of benzene rings is 1. The highest BCUT2D eigenvalue weighted by atomic mass is 19.1. The number of hydrogen-bond donors (Lipinski definition) is 2. The van der Waals surface area contributed by atoms with Crippen molar-refractivity contribution in [3.63, 3.8) is 0 Å². The third-order valence-corrected chi connectivity index (χ3v) is 2.51. The molecule has 1 aromatic carbocycles. The Labute approximate surface area is 103 Å². The zero-order valence-corrected chi connectivity index (χ0v) is 10.2. The van der Waals surface area contributed by atoms with Crippen LogP contribution < -0.4 is 11.1 Å². The van der Waals surface area contributed by atoms with Crippen LogP contribution in [0.5, 0.6) is 0 Å². The normalized spacial score (nSPS) is 11.4. The van der Waals surface area contributed by atoms with Gasteiger partial charge in [0.25, 0.3) is 5.91 Å². The van der Waals surface area contributed by atoms with Crippen molar-refractivity contribution in [2.75, 3.05) is 13.1 Å². The molecule has 0 aliphatic carbocycles. The molecule has 100 valence electrons. The SMILES string of the molecule is CC(C)(CN)CNC(=O)c1c(F)cc(F)cc1F. The largest absolute Gasteiger partial charge is 0.351 e. The number of halogens is 3. The Balaban J connectivity index is 2.86. The summed E-state index contributed by atoms with van der Waals surface area (Å²) in [5, 5.41) is 2.37.